The Kier molecular flexibility index (Phi) is 8.60. The minimum Gasteiger partial charge on any atom is -0.317 e. The van der Waals surface area contributed by atoms with Crippen molar-refractivity contribution in [3.63, 3.8) is 0 Å². The second kappa shape index (κ2) is 12.3. The van der Waals surface area contributed by atoms with Crippen LogP contribution in [0, 0.1) is 11.6 Å². The molecule has 0 atom stereocenters. The number of nitrogens with one attached hydrogen (secondary N) is 2. The largest absolute Gasteiger partial charge is 0.317 e. The Morgan fingerprint density at radius 2 is 0.974 bits per heavy atom. The smallest absolute Gasteiger partial charge is 0.123 e. The van der Waals surface area contributed by atoms with Gasteiger partial charge in [0, 0.05) is 35.2 Å². The minimum absolute atomic E-state index is 0.175. The van der Waals surface area contributed by atoms with Gasteiger partial charge in [-0.2, -0.15) is 0 Å². The molecule has 2 aliphatic rings. The molecule has 200 valence electrons. The van der Waals surface area contributed by atoms with E-state index in [0.29, 0.717) is 23.9 Å². The summed E-state index contributed by atoms with van der Waals surface area (Å²) in [5, 5.41) is 8.66. The number of benzene rings is 2. The molecule has 4 aromatic rings. The number of fused-ring (bicyclic) bond motifs is 2. The number of halogens is 2. The fourth-order valence-corrected chi connectivity index (χ4v) is 6.38. The highest BCUT2D eigenvalue weighted by molar-refractivity contribution is 5.83. The van der Waals surface area contributed by atoms with Crippen LogP contribution in [0.2, 0.25) is 0 Å². The number of nitrogens with zero attached hydrogens (tertiary/aromatic N) is 2. The number of pyridine rings is 2. The van der Waals surface area contributed by atoms with E-state index in [-0.39, 0.29) is 11.6 Å². The predicted octanol–water partition coefficient (Wildman–Crippen LogP) is 7.24. The summed E-state index contributed by atoms with van der Waals surface area (Å²) < 4.78 is 26.9. The van der Waals surface area contributed by atoms with Gasteiger partial charge in [-0.05, 0) is 137 Å². The molecular formula is C32H38F2N4. The molecule has 2 aromatic carbocycles. The molecule has 38 heavy (non-hydrogen) atoms. The molecular weight excluding hydrogens is 478 g/mol. The summed E-state index contributed by atoms with van der Waals surface area (Å²) in [5.74, 6) is 0.727. The zero-order valence-corrected chi connectivity index (χ0v) is 22.4. The van der Waals surface area contributed by atoms with Crippen molar-refractivity contribution in [2.24, 2.45) is 0 Å². The Labute approximate surface area is 224 Å². The molecule has 2 heterocycles. The van der Waals surface area contributed by atoms with E-state index in [4.69, 9.17) is 0 Å². The van der Waals surface area contributed by atoms with E-state index in [1.165, 1.54) is 74.6 Å². The van der Waals surface area contributed by atoms with Gasteiger partial charge in [-0.15, -0.1) is 0 Å². The van der Waals surface area contributed by atoms with Crippen LogP contribution in [0.15, 0.2) is 60.9 Å². The SMILES string of the molecule is CNC1CCC(c2ccnc3ccc(F)cc23)CC1.CNC1CCC(c2ccnc3ccc(F)cc23)CC1. The van der Waals surface area contributed by atoms with Gasteiger partial charge in [0.05, 0.1) is 11.0 Å². The van der Waals surface area contributed by atoms with Crippen LogP contribution in [-0.2, 0) is 0 Å². The van der Waals surface area contributed by atoms with Crippen LogP contribution >= 0.6 is 0 Å². The van der Waals surface area contributed by atoms with E-state index in [2.05, 4.69) is 32.7 Å². The lowest BCUT2D eigenvalue weighted by Gasteiger charge is -2.29. The Hall–Kier alpha value is -2.96. The Morgan fingerprint density at radius 3 is 1.34 bits per heavy atom. The maximum Gasteiger partial charge on any atom is 0.123 e. The fourth-order valence-electron chi connectivity index (χ4n) is 6.38. The highest BCUT2D eigenvalue weighted by atomic mass is 19.1. The van der Waals surface area contributed by atoms with Crippen molar-refractivity contribution in [2.75, 3.05) is 14.1 Å². The third kappa shape index (κ3) is 6.02. The van der Waals surface area contributed by atoms with Crippen LogP contribution in [0.25, 0.3) is 21.8 Å². The van der Waals surface area contributed by atoms with Crippen molar-refractivity contribution in [3.8, 4) is 0 Å². The topological polar surface area (TPSA) is 49.8 Å². The van der Waals surface area contributed by atoms with Gasteiger partial charge in [-0.1, -0.05) is 0 Å². The molecule has 2 fully saturated rings. The van der Waals surface area contributed by atoms with Gasteiger partial charge in [-0.3, -0.25) is 9.97 Å². The van der Waals surface area contributed by atoms with Crippen LogP contribution in [0.3, 0.4) is 0 Å². The molecule has 4 nitrogen and oxygen atoms in total. The second-order valence-electron chi connectivity index (χ2n) is 10.8. The standard InChI is InChI=1S/2C16H19FN2/c2*1-18-13-5-2-11(3-6-13)14-8-9-19-16-7-4-12(17)10-15(14)16/h2*4,7-11,13,18H,2-3,5-6H2,1H3. The fraction of sp³-hybridized carbons (Fsp3) is 0.438. The van der Waals surface area contributed by atoms with Gasteiger partial charge in [0.25, 0.3) is 0 Å². The molecule has 0 radical (unpaired) electrons. The Balaban J connectivity index is 0.000000155. The van der Waals surface area contributed by atoms with Crippen LogP contribution in [0.5, 0.6) is 0 Å². The maximum absolute atomic E-state index is 13.5. The summed E-state index contributed by atoms with van der Waals surface area (Å²) in [4.78, 5) is 8.66. The zero-order valence-electron chi connectivity index (χ0n) is 22.4. The molecule has 6 rings (SSSR count). The van der Waals surface area contributed by atoms with Gasteiger partial charge in [0.2, 0.25) is 0 Å². The number of rotatable bonds is 4. The first-order valence-electron chi connectivity index (χ1n) is 14.0. The number of aromatic nitrogens is 2. The van der Waals surface area contributed by atoms with Crippen LogP contribution < -0.4 is 10.6 Å². The van der Waals surface area contributed by atoms with Crippen molar-refractivity contribution in [1.29, 1.82) is 0 Å². The molecule has 0 aliphatic heterocycles. The summed E-state index contributed by atoms with van der Waals surface area (Å²) >= 11 is 0. The van der Waals surface area contributed by atoms with Crippen LogP contribution in [0.4, 0.5) is 8.78 Å². The lowest BCUT2D eigenvalue weighted by Crippen LogP contribution is -2.29. The summed E-state index contributed by atoms with van der Waals surface area (Å²) in [6, 6.07) is 15.2. The molecule has 0 bridgehead atoms. The lowest BCUT2D eigenvalue weighted by atomic mass is 9.81. The number of hydrogen-bond acceptors (Lipinski definition) is 4. The van der Waals surface area contributed by atoms with Crippen molar-refractivity contribution < 1.29 is 8.78 Å². The molecule has 0 spiro atoms. The molecule has 0 unspecified atom stereocenters. The average Bonchev–Trinajstić information content (AvgIpc) is 2.97. The van der Waals surface area contributed by atoms with Crippen molar-refractivity contribution >= 4 is 21.8 Å². The number of hydrogen-bond donors (Lipinski definition) is 2. The van der Waals surface area contributed by atoms with Gasteiger partial charge in [0.15, 0.2) is 0 Å². The van der Waals surface area contributed by atoms with E-state index in [0.717, 1.165) is 21.8 Å². The van der Waals surface area contributed by atoms with Crippen molar-refractivity contribution in [2.45, 2.75) is 75.3 Å². The first-order chi connectivity index (χ1) is 18.6. The Bertz CT molecular complexity index is 1250. The summed E-state index contributed by atoms with van der Waals surface area (Å²) in [7, 11) is 4.06. The molecule has 2 N–H and O–H groups in total. The van der Waals surface area contributed by atoms with Gasteiger partial charge in [0.1, 0.15) is 11.6 Å². The first-order valence-corrected chi connectivity index (χ1v) is 14.0. The van der Waals surface area contributed by atoms with Gasteiger partial charge in [-0.25, -0.2) is 8.78 Å². The van der Waals surface area contributed by atoms with E-state index >= 15 is 0 Å². The molecule has 0 amide bonds. The quantitative estimate of drug-likeness (QED) is 0.300. The van der Waals surface area contributed by atoms with E-state index in [9.17, 15) is 8.78 Å². The summed E-state index contributed by atoms with van der Waals surface area (Å²) in [6.45, 7) is 0. The molecule has 2 aromatic heterocycles. The van der Waals surface area contributed by atoms with Crippen LogP contribution in [-0.4, -0.2) is 36.1 Å². The highest BCUT2D eigenvalue weighted by Gasteiger charge is 2.24. The summed E-state index contributed by atoms with van der Waals surface area (Å²) in [6.07, 6.45) is 13.1. The van der Waals surface area contributed by atoms with Crippen LogP contribution in [0.1, 0.15) is 74.3 Å². The van der Waals surface area contributed by atoms with Crippen molar-refractivity contribution in [3.05, 3.63) is 83.7 Å². The Morgan fingerprint density at radius 1 is 0.579 bits per heavy atom. The van der Waals surface area contributed by atoms with E-state index in [1.54, 1.807) is 24.3 Å². The van der Waals surface area contributed by atoms with E-state index in [1.807, 2.05) is 26.5 Å². The third-order valence-electron chi connectivity index (χ3n) is 8.63. The predicted molar refractivity (Wildman–Crippen MR) is 152 cm³/mol. The van der Waals surface area contributed by atoms with E-state index < -0.39 is 0 Å². The molecule has 0 saturated heterocycles. The maximum atomic E-state index is 13.5. The normalized spacial score (nSPS) is 23.7. The summed E-state index contributed by atoms with van der Waals surface area (Å²) in [5.41, 5.74) is 4.32. The molecule has 6 heteroatoms. The third-order valence-corrected chi connectivity index (χ3v) is 8.63. The average molecular weight is 517 g/mol. The zero-order chi connectivity index (χ0) is 26.5. The molecule has 2 saturated carbocycles. The monoisotopic (exact) mass is 516 g/mol. The lowest BCUT2D eigenvalue weighted by molar-refractivity contribution is 0.360. The molecule has 2 aliphatic carbocycles. The van der Waals surface area contributed by atoms with Crippen molar-refractivity contribution in [1.82, 2.24) is 20.6 Å². The highest BCUT2D eigenvalue weighted by Crippen LogP contribution is 2.37. The second-order valence-corrected chi connectivity index (χ2v) is 10.8. The van der Waals surface area contributed by atoms with Gasteiger partial charge >= 0.3 is 0 Å². The first kappa shape index (κ1) is 26.6. The minimum atomic E-state index is -0.175. The van der Waals surface area contributed by atoms with Gasteiger partial charge < -0.3 is 10.6 Å².